The van der Waals surface area contributed by atoms with Gasteiger partial charge in [0.05, 0.1) is 17.1 Å². The smallest absolute Gasteiger partial charge is 0.162 e. The average molecular weight is 851 g/mol. The van der Waals surface area contributed by atoms with Gasteiger partial charge in [-0.15, -0.1) is 29.1 Å². The van der Waals surface area contributed by atoms with Crippen molar-refractivity contribution in [1.82, 2.24) is 15.0 Å². The van der Waals surface area contributed by atoms with Crippen molar-refractivity contribution >= 4 is 16.6 Å². The summed E-state index contributed by atoms with van der Waals surface area (Å²) < 4.78 is 15.3. The molecule has 0 spiro atoms. The molecule has 0 atom stereocenters. The number of ketones is 1. The molecule has 1 heterocycles. The van der Waals surface area contributed by atoms with Crippen molar-refractivity contribution in [3.8, 4) is 33.9 Å². The number of nitrogens with zero attached hydrogens (tertiary/aromatic N) is 3. The third kappa shape index (κ3) is 9.80. The molecule has 50 heavy (non-hydrogen) atoms. The largest absolute Gasteiger partial charge is 0.512 e. The molecule has 1 aromatic heterocycles. The number of rotatable bonds is 10. The van der Waals surface area contributed by atoms with Crippen molar-refractivity contribution in [2.75, 3.05) is 0 Å². The summed E-state index contributed by atoms with van der Waals surface area (Å²) in [6.07, 6.45) is 6.35. The molecule has 1 radical (unpaired) electrons. The van der Waals surface area contributed by atoms with Gasteiger partial charge in [0.25, 0.3) is 0 Å². The van der Waals surface area contributed by atoms with Crippen LogP contribution in [0.5, 0.6) is 0 Å². The summed E-state index contributed by atoms with van der Waals surface area (Å²) >= 11 is 0. The molecule has 0 amide bonds. The van der Waals surface area contributed by atoms with Crippen LogP contribution in [0.1, 0.15) is 85.3 Å². The SMILES string of the molecule is CCC(CC)C(=O)/C=C(\O)C(CC)CC.Cc1cc(-c2ccccc2)cc(F)c1-c1ncnc(-c2[c-]c3ccccc3c(C(C)(C)C)c2)n1.[Ir]. The van der Waals surface area contributed by atoms with Gasteiger partial charge in [0.1, 0.15) is 12.1 Å². The minimum atomic E-state index is -0.353. The Morgan fingerprint density at radius 3 is 2.04 bits per heavy atom. The van der Waals surface area contributed by atoms with Crippen LogP contribution >= 0.6 is 0 Å². The molecule has 0 aliphatic heterocycles. The van der Waals surface area contributed by atoms with E-state index in [0.29, 0.717) is 17.2 Å². The first-order valence-electron chi connectivity index (χ1n) is 17.4. The van der Waals surface area contributed by atoms with Crippen LogP contribution in [0.3, 0.4) is 0 Å². The molecule has 265 valence electrons. The van der Waals surface area contributed by atoms with Crippen molar-refractivity contribution in [3.63, 3.8) is 0 Å². The Morgan fingerprint density at radius 1 is 0.840 bits per heavy atom. The maximum atomic E-state index is 15.3. The first-order chi connectivity index (χ1) is 23.4. The van der Waals surface area contributed by atoms with E-state index in [1.807, 2.05) is 89.2 Å². The molecule has 0 aliphatic carbocycles. The maximum absolute atomic E-state index is 15.3. The normalized spacial score (nSPS) is 11.7. The van der Waals surface area contributed by atoms with Crippen LogP contribution in [0.15, 0.2) is 91.0 Å². The second kappa shape index (κ2) is 18.3. The van der Waals surface area contributed by atoms with Gasteiger partial charge in [0, 0.05) is 38.0 Å². The van der Waals surface area contributed by atoms with Crippen molar-refractivity contribution in [2.45, 2.75) is 86.5 Å². The predicted octanol–water partition coefficient (Wildman–Crippen LogP) is 11.4. The Balaban J connectivity index is 0.000000361. The fourth-order valence-electron chi connectivity index (χ4n) is 6.12. The third-order valence-electron chi connectivity index (χ3n) is 9.10. The van der Waals surface area contributed by atoms with Crippen LogP contribution in [0.4, 0.5) is 4.39 Å². The number of aliphatic hydroxyl groups excluding tert-OH is 1. The summed E-state index contributed by atoms with van der Waals surface area (Å²) in [6.45, 7) is 16.5. The van der Waals surface area contributed by atoms with Crippen molar-refractivity contribution in [1.29, 1.82) is 0 Å². The summed E-state index contributed by atoms with van der Waals surface area (Å²) in [5.74, 6) is 0.991. The van der Waals surface area contributed by atoms with E-state index in [2.05, 4.69) is 53.9 Å². The molecule has 5 nitrogen and oxygen atoms in total. The third-order valence-corrected chi connectivity index (χ3v) is 9.10. The van der Waals surface area contributed by atoms with Crippen LogP contribution in [0, 0.1) is 30.6 Å². The quantitative estimate of drug-likeness (QED) is 0.0860. The van der Waals surface area contributed by atoms with Gasteiger partial charge < -0.3 is 5.11 Å². The molecule has 0 saturated carbocycles. The first-order valence-corrected chi connectivity index (χ1v) is 17.4. The number of allylic oxidation sites excluding steroid dienone is 2. The molecule has 0 saturated heterocycles. The molecule has 1 N–H and O–H groups in total. The molecule has 0 fully saturated rings. The fourth-order valence-corrected chi connectivity index (χ4v) is 6.12. The number of benzene rings is 4. The second-order valence-electron chi connectivity index (χ2n) is 13.5. The summed E-state index contributed by atoms with van der Waals surface area (Å²) in [4.78, 5) is 25.1. The number of carbonyl (C=O) groups excluding carboxylic acids is 1. The molecule has 0 bridgehead atoms. The Bertz CT molecular complexity index is 1890. The van der Waals surface area contributed by atoms with E-state index in [0.717, 1.165) is 58.7 Å². The van der Waals surface area contributed by atoms with Gasteiger partial charge in [0.15, 0.2) is 11.6 Å². The van der Waals surface area contributed by atoms with Gasteiger partial charge in [-0.2, -0.15) is 0 Å². The topological polar surface area (TPSA) is 76.0 Å². The van der Waals surface area contributed by atoms with E-state index in [9.17, 15) is 9.90 Å². The Hall–Kier alpha value is -4.06. The molecule has 0 aliphatic rings. The molecular formula is C43H49FIrN3O2-. The molecule has 4 aromatic carbocycles. The predicted molar refractivity (Wildman–Crippen MR) is 200 cm³/mol. The first kappa shape index (κ1) is 40.4. The summed E-state index contributed by atoms with van der Waals surface area (Å²) in [7, 11) is 0. The van der Waals surface area contributed by atoms with E-state index < -0.39 is 0 Å². The molecule has 7 heteroatoms. The van der Waals surface area contributed by atoms with E-state index in [-0.39, 0.29) is 54.7 Å². The number of carbonyl (C=O) groups is 1. The molecular weight excluding hydrogens is 802 g/mol. The van der Waals surface area contributed by atoms with Gasteiger partial charge in [-0.25, -0.2) is 14.4 Å². The summed E-state index contributed by atoms with van der Waals surface area (Å²) in [5, 5.41) is 11.9. The number of hydrogen-bond acceptors (Lipinski definition) is 5. The number of hydrogen-bond donors (Lipinski definition) is 1. The number of aliphatic hydroxyl groups is 1. The van der Waals surface area contributed by atoms with Gasteiger partial charge >= 0.3 is 0 Å². The Labute approximate surface area is 310 Å². The number of aromatic nitrogens is 3. The average Bonchev–Trinajstić information content (AvgIpc) is 3.09. The fraction of sp³-hybridized carbons (Fsp3) is 0.349. The Kier molecular flexibility index (Phi) is 14.7. The van der Waals surface area contributed by atoms with Crippen LogP contribution in [-0.4, -0.2) is 25.8 Å². The van der Waals surface area contributed by atoms with Gasteiger partial charge in [-0.1, -0.05) is 114 Å². The van der Waals surface area contributed by atoms with Crippen molar-refractivity contribution in [2.24, 2.45) is 11.8 Å². The zero-order valence-corrected chi connectivity index (χ0v) is 32.9. The van der Waals surface area contributed by atoms with E-state index in [4.69, 9.17) is 0 Å². The van der Waals surface area contributed by atoms with Crippen LogP contribution in [-0.2, 0) is 30.3 Å². The van der Waals surface area contributed by atoms with Gasteiger partial charge in [0.2, 0.25) is 0 Å². The minimum Gasteiger partial charge on any atom is -0.512 e. The monoisotopic (exact) mass is 851 g/mol. The van der Waals surface area contributed by atoms with Crippen LogP contribution in [0.2, 0.25) is 0 Å². The second-order valence-corrected chi connectivity index (χ2v) is 13.5. The van der Waals surface area contributed by atoms with E-state index >= 15 is 4.39 Å². The molecule has 0 unspecified atom stereocenters. The summed E-state index contributed by atoms with van der Waals surface area (Å²) in [6, 6.07) is 27.0. The maximum Gasteiger partial charge on any atom is 0.162 e. The standard InChI is InChI=1S/C30H25FN3.C13H24O2.Ir/c1-19-14-22(20-10-6-5-7-11-20)17-26(31)27(19)29-33-18-32-28(34-29)23-15-21-12-8-9-13-24(21)25(16-23)30(2,3)4;1-5-10(6-2)12(14)9-13(15)11(7-3)8-4;/h5-14,16-18H,1-4H3;9-11,14H,5-8H2,1-4H3;/q-1;;/b;12-9-;. The summed E-state index contributed by atoms with van der Waals surface area (Å²) in [5.41, 5.74) is 4.84. The van der Waals surface area contributed by atoms with Gasteiger partial charge in [-0.05, 0) is 60.8 Å². The number of fused-ring (bicyclic) bond motifs is 1. The van der Waals surface area contributed by atoms with Crippen LogP contribution < -0.4 is 0 Å². The van der Waals surface area contributed by atoms with Gasteiger partial charge in [-0.3, -0.25) is 9.78 Å². The minimum absolute atomic E-state index is 0. The number of halogens is 1. The zero-order chi connectivity index (χ0) is 35.7. The van der Waals surface area contributed by atoms with Crippen molar-refractivity contribution in [3.05, 3.63) is 114 Å². The Morgan fingerprint density at radius 2 is 1.44 bits per heavy atom. The molecule has 5 aromatic rings. The van der Waals surface area contributed by atoms with Crippen molar-refractivity contribution < 1.29 is 34.4 Å². The zero-order valence-electron chi connectivity index (χ0n) is 30.5. The molecule has 5 rings (SSSR count). The van der Waals surface area contributed by atoms with E-state index in [1.165, 1.54) is 18.0 Å². The van der Waals surface area contributed by atoms with Crippen LogP contribution in [0.25, 0.3) is 44.7 Å². The number of aryl methyl sites for hydroxylation is 1. The van der Waals surface area contributed by atoms with E-state index in [1.54, 1.807) is 6.07 Å².